The van der Waals surface area contributed by atoms with Gasteiger partial charge in [0, 0.05) is 12.4 Å². The predicted molar refractivity (Wildman–Crippen MR) is 72.0 cm³/mol. The van der Waals surface area contributed by atoms with Crippen LogP contribution in [-0.4, -0.2) is 20.9 Å². The maximum atomic E-state index is 12.0. The van der Waals surface area contributed by atoms with Crippen LogP contribution in [-0.2, 0) is 0 Å². The van der Waals surface area contributed by atoms with E-state index in [9.17, 15) is 20.0 Å². The second-order valence-electron chi connectivity index (χ2n) is 3.77. The molecule has 0 atom stereocenters. The van der Waals surface area contributed by atoms with Gasteiger partial charge in [-0.2, -0.15) is 0 Å². The lowest BCUT2D eigenvalue weighted by Gasteiger charge is -2.07. The Morgan fingerprint density at radius 3 is 2.80 bits per heavy atom. The third-order valence-electron chi connectivity index (χ3n) is 2.44. The van der Waals surface area contributed by atoms with Crippen molar-refractivity contribution < 1.29 is 14.8 Å². The number of anilines is 1. The standard InChI is InChI=1S/C12H8ClN3O4/c13-9-6-14-4-3-8(9)12(18)15-10-2-1-7(17)5-11(10)16(19)20/h1-6,17H,(H,15,18). The molecule has 0 aliphatic heterocycles. The van der Waals surface area contributed by atoms with E-state index < -0.39 is 16.5 Å². The van der Waals surface area contributed by atoms with Crippen molar-refractivity contribution in [1.29, 1.82) is 0 Å². The van der Waals surface area contributed by atoms with Crippen LogP contribution in [0.15, 0.2) is 36.7 Å². The van der Waals surface area contributed by atoms with Crippen LogP contribution < -0.4 is 5.32 Å². The van der Waals surface area contributed by atoms with E-state index in [2.05, 4.69) is 10.3 Å². The van der Waals surface area contributed by atoms with Gasteiger partial charge in [0.2, 0.25) is 0 Å². The molecule has 2 aromatic rings. The number of rotatable bonds is 3. The smallest absolute Gasteiger partial charge is 0.296 e. The molecule has 1 heterocycles. The zero-order valence-electron chi connectivity index (χ0n) is 9.91. The highest BCUT2D eigenvalue weighted by Crippen LogP contribution is 2.29. The Bertz CT molecular complexity index is 690. The molecule has 1 aromatic heterocycles. The van der Waals surface area contributed by atoms with Crippen LogP contribution in [0.2, 0.25) is 5.02 Å². The van der Waals surface area contributed by atoms with E-state index in [4.69, 9.17) is 11.6 Å². The third-order valence-corrected chi connectivity index (χ3v) is 2.74. The fraction of sp³-hybridized carbons (Fsp3) is 0. The maximum absolute atomic E-state index is 12.0. The highest BCUT2D eigenvalue weighted by molar-refractivity contribution is 6.34. The Kier molecular flexibility index (Phi) is 3.81. The molecular formula is C12H8ClN3O4. The number of pyridine rings is 1. The Labute approximate surface area is 118 Å². The van der Waals surface area contributed by atoms with Crippen molar-refractivity contribution in [2.24, 2.45) is 0 Å². The van der Waals surface area contributed by atoms with Gasteiger partial charge in [-0.15, -0.1) is 0 Å². The van der Waals surface area contributed by atoms with Crippen molar-refractivity contribution in [1.82, 2.24) is 4.98 Å². The van der Waals surface area contributed by atoms with Gasteiger partial charge in [0.15, 0.2) is 0 Å². The van der Waals surface area contributed by atoms with Crippen LogP contribution in [0, 0.1) is 10.1 Å². The normalized spacial score (nSPS) is 10.1. The summed E-state index contributed by atoms with van der Waals surface area (Å²) in [6.07, 6.45) is 2.67. The molecule has 0 fully saturated rings. The number of nitro groups is 1. The summed E-state index contributed by atoms with van der Waals surface area (Å²) in [6, 6.07) is 4.81. The van der Waals surface area contributed by atoms with Gasteiger partial charge >= 0.3 is 0 Å². The number of benzene rings is 1. The summed E-state index contributed by atoms with van der Waals surface area (Å²) < 4.78 is 0. The zero-order valence-corrected chi connectivity index (χ0v) is 10.7. The van der Waals surface area contributed by atoms with Crippen molar-refractivity contribution >= 4 is 28.9 Å². The average Bonchev–Trinajstić information content (AvgIpc) is 2.41. The number of nitrogens with zero attached hydrogens (tertiary/aromatic N) is 2. The molecule has 7 nitrogen and oxygen atoms in total. The summed E-state index contributed by atoms with van der Waals surface area (Å²) in [5.41, 5.74) is -0.307. The molecule has 20 heavy (non-hydrogen) atoms. The number of nitro benzene ring substituents is 1. The second-order valence-corrected chi connectivity index (χ2v) is 4.18. The lowest BCUT2D eigenvalue weighted by molar-refractivity contribution is -0.384. The van der Waals surface area contributed by atoms with Crippen molar-refractivity contribution in [2.45, 2.75) is 0 Å². The lowest BCUT2D eigenvalue weighted by atomic mass is 10.2. The Morgan fingerprint density at radius 2 is 2.15 bits per heavy atom. The summed E-state index contributed by atoms with van der Waals surface area (Å²) in [5, 5.41) is 22.6. The summed E-state index contributed by atoms with van der Waals surface area (Å²) >= 11 is 5.82. The first-order valence-electron chi connectivity index (χ1n) is 5.37. The largest absolute Gasteiger partial charge is 0.508 e. The second kappa shape index (κ2) is 5.54. The van der Waals surface area contributed by atoms with Crippen LogP contribution in [0.5, 0.6) is 5.75 Å². The molecule has 0 saturated heterocycles. The Hall–Kier alpha value is -2.67. The highest BCUT2D eigenvalue weighted by Gasteiger charge is 2.18. The van der Waals surface area contributed by atoms with Gasteiger partial charge in [-0.05, 0) is 18.2 Å². The first-order valence-corrected chi connectivity index (χ1v) is 5.75. The number of amides is 1. The summed E-state index contributed by atoms with van der Waals surface area (Å²) in [5.74, 6) is -0.872. The van der Waals surface area contributed by atoms with Crippen LogP contribution in [0.1, 0.15) is 10.4 Å². The number of halogens is 1. The third kappa shape index (κ3) is 2.83. The monoisotopic (exact) mass is 293 g/mol. The zero-order chi connectivity index (χ0) is 14.7. The first-order chi connectivity index (χ1) is 9.49. The topological polar surface area (TPSA) is 105 Å². The van der Waals surface area contributed by atoms with E-state index in [1.807, 2.05) is 0 Å². The minimum atomic E-state index is -0.705. The molecule has 0 unspecified atom stereocenters. The first kappa shape index (κ1) is 13.8. The number of carbonyl (C=O) groups excluding carboxylic acids is 1. The molecule has 0 spiro atoms. The minimum Gasteiger partial charge on any atom is -0.508 e. The van der Waals surface area contributed by atoms with Crippen LogP contribution in [0.25, 0.3) is 0 Å². The molecule has 102 valence electrons. The van der Waals surface area contributed by atoms with Crippen LogP contribution >= 0.6 is 11.6 Å². The predicted octanol–water partition coefficient (Wildman–Crippen LogP) is 2.60. The van der Waals surface area contributed by atoms with E-state index in [1.54, 1.807) is 0 Å². The quantitative estimate of drug-likeness (QED) is 0.514. The molecule has 0 saturated carbocycles. The van der Waals surface area contributed by atoms with E-state index in [1.165, 1.54) is 30.6 Å². The highest BCUT2D eigenvalue weighted by atomic mass is 35.5. The molecule has 0 aliphatic rings. The number of phenols is 1. The summed E-state index contributed by atoms with van der Waals surface area (Å²) in [4.78, 5) is 25.9. The number of phenolic OH excluding ortho intramolecular Hbond substituents is 1. The van der Waals surface area contributed by atoms with Gasteiger partial charge in [0.25, 0.3) is 11.6 Å². The fourth-order valence-electron chi connectivity index (χ4n) is 1.53. The molecule has 1 amide bonds. The molecular weight excluding hydrogens is 286 g/mol. The minimum absolute atomic E-state index is 0.0364. The number of nitrogens with one attached hydrogen (secondary N) is 1. The SMILES string of the molecule is O=C(Nc1ccc(O)cc1[N+](=O)[O-])c1ccncc1Cl. The summed E-state index contributed by atoms with van der Waals surface area (Å²) in [7, 11) is 0. The van der Waals surface area contributed by atoms with Crippen molar-refractivity contribution in [3.05, 3.63) is 57.4 Å². The number of carbonyl (C=O) groups is 1. The number of aromatic nitrogens is 1. The molecule has 0 aliphatic carbocycles. The molecule has 0 bridgehead atoms. The van der Waals surface area contributed by atoms with Gasteiger partial charge in [0.1, 0.15) is 11.4 Å². The van der Waals surface area contributed by atoms with Gasteiger partial charge in [-0.3, -0.25) is 19.9 Å². The lowest BCUT2D eigenvalue weighted by Crippen LogP contribution is -2.13. The number of aromatic hydroxyl groups is 1. The molecule has 1 aromatic carbocycles. The summed E-state index contributed by atoms with van der Waals surface area (Å²) in [6.45, 7) is 0. The average molecular weight is 294 g/mol. The maximum Gasteiger partial charge on any atom is 0.296 e. The molecule has 8 heteroatoms. The van der Waals surface area contributed by atoms with Gasteiger partial charge in [-0.1, -0.05) is 11.6 Å². The van der Waals surface area contributed by atoms with Gasteiger partial charge in [-0.25, -0.2) is 0 Å². The Morgan fingerprint density at radius 1 is 1.40 bits per heavy atom. The van der Waals surface area contributed by atoms with Crippen LogP contribution in [0.3, 0.4) is 0 Å². The number of hydrogen-bond acceptors (Lipinski definition) is 5. The van der Waals surface area contributed by atoms with Crippen molar-refractivity contribution in [3.63, 3.8) is 0 Å². The van der Waals surface area contributed by atoms with Gasteiger partial charge in [0.05, 0.1) is 21.6 Å². The van der Waals surface area contributed by atoms with Crippen LogP contribution in [0.4, 0.5) is 11.4 Å². The van der Waals surface area contributed by atoms with E-state index in [0.29, 0.717) is 0 Å². The van der Waals surface area contributed by atoms with Gasteiger partial charge < -0.3 is 10.4 Å². The fourth-order valence-corrected chi connectivity index (χ4v) is 1.73. The molecule has 2 N–H and O–H groups in total. The van der Waals surface area contributed by atoms with Crippen molar-refractivity contribution in [2.75, 3.05) is 5.32 Å². The Balaban J connectivity index is 2.33. The molecule has 2 rings (SSSR count). The van der Waals surface area contributed by atoms with E-state index in [0.717, 1.165) is 6.07 Å². The number of hydrogen-bond donors (Lipinski definition) is 2. The molecule has 0 radical (unpaired) electrons. The van der Waals surface area contributed by atoms with E-state index >= 15 is 0 Å². The van der Waals surface area contributed by atoms with Crippen molar-refractivity contribution in [3.8, 4) is 5.75 Å². The van der Waals surface area contributed by atoms with E-state index in [-0.39, 0.29) is 22.0 Å².